The topological polar surface area (TPSA) is 26.3 Å². The van der Waals surface area contributed by atoms with E-state index < -0.39 is 5.38 Å². The van der Waals surface area contributed by atoms with Crippen LogP contribution in [0.2, 0.25) is 0 Å². The molecule has 1 unspecified atom stereocenters. The van der Waals surface area contributed by atoms with Gasteiger partial charge in [0.1, 0.15) is 11.5 Å². The summed E-state index contributed by atoms with van der Waals surface area (Å²) in [7, 11) is 0. The lowest BCUT2D eigenvalue weighted by atomic mass is 10.1. The van der Waals surface area contributed by atoms with Crippen molar-refractivity contribution in [2.45, 2.75) is 32.1 Å². The van der Waals surface area contributed by atoms with Crippen LogP contribution in [-0.2, 0) is 11.2 Å². The number of halogens is 1. The summed E-state index contributed by atoms with van der Waals surface area (Å²) < 4.78 is 5.46. The zero-order valence-corrected chi connectivity index (χ0v) is 10.5. The van der Waals surface area contributed by atoms with E-state index in [1.54, 1.807) is 0 Å². The highest BCUT2D eigenvalue weighted by molar-refractivity contribution is 6.30. The lowest BCUT2D eigenvalue weighted by Gasteiger charge is -2.07. The van der Waals surface area contributed by atoms with Gasteiger partial charge >= 0.3 is 0 Å². The molecule has 0 saturated heterocycles. The minimum atomic E-state index is -0.428. The van der Waals surface area contributed by atoms with E-state index in [1.165, 1.54) is 6.92 Å². The van der Waals surface area contributed by atoms with Crippen molar-refractivity contribution < 1.29 is 9.53 Å². The second kappa shape index (κ2) is 6.54. The second-order valence-electron chi connectivity index (χ2n) is 3.77. The molecule has 88 valence electrons. The van der Waals surface area contributed by atoms with Crippen LogP contribution in [0.15, 0.2) is 24.3 Å². The molecule has 2 nitrogen and oxygen atoms in total. The van der Waals surface area contributed by atoms with Crippen molar-refractivity contribution in [1.82, 2.24) is 0 Å². The van der Waals surface area contributed by atoms with Gasteiger partial charge in [-0.15, -0.1) is 11.6 Å². The fourth-order valence-corrected chi connectivity index (χ4v) is 1.47. The summed E-state index contributed by atoms with van der Waals surface area (Å²) in [6, 6.07) is 7.72. The molecule has 0 fully saturated rings. The van der Waals surface area contributed by atoms with Gasteiger partial charge in [-0.3, -0.25) is 4.79 Å². The van der Waals surface area contributed by atoms with Gasteiger partial charge in [-0.05, 0) is 37.5 Å². The molecule has 1 atom stereocenters. The van der Waals surface area contributed by atoms with Crippen LogP contribution < -0.4 is 4.74 Å². The number of hydrogen-bond donors (Lipinski definition) is 0. The summed E-state index contributed by atoms with van der Waals surface area (Å²) in [5, 5.41) is -0.428. The molecule has 1 aromatic rings. The normalized spacial score (nSPS) is 12.2. The summed E-state index contributed by atoms with van der Waals surface area (Å²) in [5.41, 5.74) is 1.05. The molecule has 0 aliphatic carbocycles. The molecule has 0 spiro atoms. The number of benzene rings is 1. The Balaban J connectivity index is 2.54. The predicted octanol–water partition coefficient (Wildman–Crippen LogP) is 3.21. The molecule has 0 saturated carbocycles. The van der Waals surface area contributed by atoms with Crippen molar-refractivity contribution in [1.29, 1.82) is 0 Å². The van der Waals surface area contributed by atoms with Gasteiger partial charge in [0.2, 0.25) is 0 Å². The van der Waals surface area contributed by atoms with Gasteiger partial charge in [0.05, 0.1) is 12.0 Å². The van der Waals surface area contributed by atoms with E-state index in [4.69, 9.17) is 16.3 Å². The van der Waals surface area contributed by atoms with Gasteiger partial charge in [0, 0.05) is 0 Å². The summed E-state index contributed by atoms with van der Waals surface area (Å²) in [6.45, 7) is 4.31. The zero-order valence-electron chi connectivity index (χ0n) is 9.70. The highest BCUT2D eigenvalue weighted by atomic mass is 35.5. The number of hydrogen-bond acceptors (Lipinski definition) is 2. The Morgan fingerprint density at radius 2 is 2.00 bits per heavy atom. The average Bonchev–Trinajstić information content (AvgIpc) is 2.28. The van der Waals surface area contributed by atoms with E-state index in [-0.39, 0.29) is 5.78 Å². The molecule has 0 aliphatic heterocycles. The molecule has 0 aliphatic rings. The standard InChI is InChI=1S/C13H17ClO2/c1-3-8-16-12-6-4-11(5-7-12)9-13(14)10(2)15/h4-7,13H,3,8-9H2,1-2H3. The number of carbonyl (C=O) groups excluding carboxylic acids is 1. The first-order valence-corrected chi connectivity index (χ1v) is 5.93. The van der Waals surface area contributed by atoms with Crippen LogP contribution in [0.5, 0.6) is 5.75 Å². The van der Waals surface area contributed by atoms with Gasteiger partial charge < -0.3 is 4.74 Å². The second-order valence-corrected chi connectivity index (χ2v) is 4.30. The largest absolute Gasteiger partial charge is 0.494 e. The number of Topliss-reactive ketones (excluding diaryl/α,β-unsaturated/α-hetero) is 1. The van der Waals surface area contributed by atoms with E-state index >= 15 is 0 Å². The molecule has 16 heavy (non-hydrogen) atoms. The van der Waals surface area contributed by atoms with Crippen molar-refractivity contribution >= 4 is 17.4 Å². The van der Waals surface area contributed by atoms with E-state index in [0.717, 1.165) is 24.3 Å². The van der Waals surface area contributed by atoms with Crippen molar-refractivity contribution in [3.05, 3.63) is 29.8 Å². The Hall–Kier alpha value is -1.02. The number of carbonyl (C=O) groups is 1. The quantitative estimate of drug-likeness (QED) is 0.714. The van der Waals surface area contributed by atoms with Gasteiger partial charge in [-0.1, -0.05) is 19.1 Å². The van der Waals surface area contributed by atoms with Gasteiger partial charge in [0.15, 0.2) is 0 Å². The van der Waals surface area contributed by atoms with Gasteiger partial charge in [-0.25, -0.2) is 0 Å². The molecular weight excluding hydrogens is 224 g/mol. The molecule has 0 radical (unpaired) electrons. The Morgan fingerprint density at radius 3 is 2.50 bits per heavy atom. The first-order chi connectivity index (χ1) is 7.63. The maximum Gasteiger partial charge on any atom is 0.147 e. The molecule has 1 aromatic carbocycles. The maximum absolute atomic E-state index is 11.0. The highest BCUT2D eigenvalue weighted by Crippen LogP contribution is 2.15. The van der Waals surface area contributed by atoms with Gasteiger partial charge in [-0.2, -0.15) is 0 Å². The molecule has 0 heterocycles. The molecule has 0 bridgehead atoms. The van der Waals surface area contributed by atoms with E-state index in [2.05, 4.69) is 6.92 Å². The Bertz CT molecular complexity index is 332. The first-order valence-electron chi connectivity index (χ1n) is 5.49. The molecule has 0 aromatic heterocycles. The van der Waals surface area contributed by atoms with Crippen LogP contribution in [0.1, 0.15) is 25.8 Å². The van der Waals surface area contributed by atoms with Crippen LogP contribution in [0.3, 0.4) is 0 Å². The molecule has 3 heteroatoms. The van der Waals surface area contributed by atoms with Crippen molar-refractivity contribution in [3.8, 4) is 5.75 Å². The summed E-state index contributed by atoms with van der Waals surface area (Å²) in [5.74, 6) is 0.868. The minimum Gasteiger partial charge on any atom is -0.494 e. The third kappa shape index (κ3) is 4.23. The molecule has 1 rings (SSSR count). The van der Waals surface area contributed by atoms with Crippen molar-refractivity contribution in [3.63, 3.8) is 0 Å². The van der Waals surface area contributed by atoms with Crippen molar-refractivity contribution in [2.75, 3.05) is 6.61 Å². The zero-order chi connectivity index (χ0) is 12.0. The summed E-state index contributed by atoms with van der Waals surface area (Å²) in [6.07, 6.45) is 1.57. The average molecular weight is 241 g/mol. The lowest BCUT2D eigenvalue weighted by Crippen LogP contribution is -2.13. The highest BCUT2D eigenvalue weighted by Gasteiger charge is 2.10. The van der Waals surface area contributed by atoms with E-state index in [1.807, 2.05) is 24.3 Å². The predicted molar refractivity (Wildman–Crippen MR) is 66.3 cm³/mol. The monoisotopic (exact) mass is 240 g/mol. The Labute approximate surface area is 102 Å². The van der Waals surface area contributed by atoms with E-state index in [0.29, 0.717) is 6.42 Å². The number of alkyl halides is 1. The minimum absolute atomic E-state index is 0.00739. The SMILES string of the molecule is CCCOc1ccc(CC(Cl)C(C)=O)cc1. The molecular formula is C13H17ClO2. The number of ketones is 1. The van der Waals surface area contributed by atoms with Crippen LogP contribution in [0, 0.1) is 0 Å². The van der Waals surface area contributed by atoms with Crippen molar-refractivity contribution in [2.24, 2.45) is 0 Å². The van der Waals surface area contributed by atoms with Gasteiger partial charge in [0.25, 0.3) is 0 Å². The first kappa shape index (κ1) is 13.0. The number of ether oxygens (including phenoxy) is 1. The number of rotatable bonds is 6. The van der Waals surface area contributed by atoms with Crippen LogP contribution >= 0.6 is 11.6 Å². The maximum atomic E-state index is 11.0. The molecule has 0 N–H and O–H groups in total. The summed E-state index contributed by atoms with van der Waals surface area (Å²) >= 11 is 5.89. The third-order valence-corrected chi connectivity index (χ3v) is 2.71. The Kier molecular flexibility index (Phi) is 5.33. The summed E-state index contributed by atoms with van der Waals surface area (Å²) in [4.78, 5) is 11.0. The lowest BCUT2D eigenvalue weighted by molar-refractivity contribution is -0.116. The smallest absolute Gasteiger partial charge is 0.147 e. The van der Waals surface area contributed by atoms with Crippen LogP contribution in [-0.4, -0.2) is 17.8 Å². The van der Waals surface area contributed by atoms with E-state index in [9.17, 15) is 4.79 Å². The third-order valence-electron chi connectivity index (χ3n) is 2.25. The fourth-order valence-electron chi connectivity index (χ4n) is 1.29. The molecule has 0 amide bonds. The Morgan fingerprint density at radius 1 is 1.38 bits per heavy atom. The fraction of sp³-hybridized carbons (Fsp3) is 0.462. The van der Waals surface area contributed by atoms with Crippen LogP contribution in [0.25, 0.3) is 0 Å². The van der Waals surface area contributed by atoms with Crippen LogP contribution in [0.4, 0.5) is 0 Å².